The number of hydrogen-bond acceptors (Lipinski definition) is 2. The van der Waals surface area contributed by atoms with Gasteiger partial charge in [0.25, 0.3) is 0 Å². The molecule has 0 N–H and O–H groups in total. The summed E-state index contributed by atoms with van der Waals surface area (Å²) < 4.78 is 4.78. The Labute approximate surface area is 98.5 Å². The van der Waals surface area contributed by atoms with Crippen LogP contribution in [-0.4, -0.2) is 43.7 Å². The van der Waals surface area contributed by atoms with Gasteiger partial charge in [-0.3, -0.25) is 4.79 Å². The molecular formula is C8H10CaO2. The molecule has 1 aromatic rings. The van der Waals surface area contributed by atoms with Crippen LogP contribution in [0.2, 0.25) is 0 Å². The first-order valence-electron chi connectivity index (χ1n) is 3.02. The van der Waals surface area contributed by atoms with E-state index in [0.717, 1.165) is 0 Å². The number of hydrogen-bond donors (Lipinski definition) is 0. The third kappa shape index (κ3) is 4.40. The van der Waals surface area contributed by atoms with E-state index < -0.39 is 0 Å². The molecule has 2 nitrogen and oxygen atoms in total. The number of carbonyl (C=O) groups is 1. The van der Waals surface area contributed by atoms with Gasteiger partial charge in [0.2, 0.25) is 0 Å². The van der Waals surface area contributed by atoms with Crippen molar-refractivity contribution in [2.75, 3.05) is 0 Å². The Balaban J connectivity index is -0.000000333. The van der Waals surface area contributed by atoms with Crippen LogP contribution < -0.4 is 4.74 Å². The molecule has 0 radical (unpaired) electrons. The summed E-state index contributed by atoms with van der Waals surface area (Å²) in [7, 11) is 0. The molecule has 1 aromatic carbocycles. The SMILES string of the molecule is CC(=O)Oc1ccccc1.[Ca+2].[H-].[H-]. The Morgan fingerprint density at radius 2 is 1.91 bits per heavy atom. The molecule has 0 aromatic heterocycles. The van der Waals surface area contributed by atoms with Crippen molar-refractivity contribution < 1.29 is 12.4 Å². The second-order valence-electron chi connectivity index (χ2n) is 1.91. The van der Waals surface area contributed by atoms with Crippen LogP contribution >= 0.6 is 0 Å². The van der Waals surface area contributed by atoms with Crippen molar-refractivity contribution in [1.29, 1.82) is 0 Å². The van der Waals surface area contributed by atoms with E-state index in [1.807, 2.05) is 18.2 Å². The van der Waals surface area contributed by atoms with Crippen molar-refractivity contribution in [3.63, 3.8) is 0 Å². The molecule has 3 heteroatoms. The van der Waals surface area contributed by atoms with Crippen LogP contribution in [0, 0.1) is 0 Å². The molecule has 0 aliphatic rings. The average Bonchev–Trinajstić information content (AvgIpc) is 1.88. The van der Waals surface area contributed by atoms with Crippen LogP contribution in [0.25, 0.3) is 0 Å². The Kier molecular flexibility index (Phi) is 5.56. The molecule has 0 spiro atoms. The van der Waals surface area contributed by atoms with Gasteiger partial charge in [0, 0.05) is 6.92 Å². The van der Waals surface area contributed by atoms with Gasteiger partial charge in [-0.1, -0.05) is 18.2 Å². The predicted molar refractivity (Wildman–Crippen MR) is 45.7 cm³/mol. The number of rotatable bonds is 1. The Morgan fingerprint density at radius 3 is 2.36 bits per heavy atom. The van der Waals surface area contributed by atoms with Crippen LogP contribution in [0.15, 0.2) is 30.3 Å². The molecule has 0 heterocycles. The van der Waals surface area contributed by atoms with E-state index in [1.54, 1.807) is 12.1 Å². The first kappa shape index (κ1) is 10.9. The monoisotopic (exact) mass is 178 g/mol. The summed E-state index contributed by atoms with van der Waals surface area (Å²) in [6.45, 7) is 1.38. The van der Waals surface area contributed by atoms with E-state index in [0.29, 0.717) is 5.75 Å². The van der Waals surface area contributed by atoms with E-state index in [2.05, 4.69) is 0 Å². The maximum Gasteiger partial charge on any atom is 2.00 e. The largest absolute Gasteiger partial charge is 2.00 e. The normalized spacial score (nSPS) is 8.09. The Bertz CT molecular complexity index is 229. The number of benzene rings is 1. The third-order valence-electron chi connectivity index (χ3n) is 1.00. The summed E-state index contributed by atoms with van der Waals surface area (Å²) in [5.74, 6) is 0.307. The minimum atomic E-state index is -0.286. The second kappa shape index (κ2) is 5.58. The van der Waals surface area contributed by atoms with Gasteiger partial charge in [0.1, 0.15) is 5.75 Å². The van der Waals surface area contributed by atoms with Gasteiger partial charge in [-0.15, -0.1) is 0 Å². The first-order valence-corrected chi connectivity index (χ1v) is 3.02. The summed E-state index contributed by atoms with van der Waals surface area (Å²) in [6, 6.07) is 8.98. The molecule has 0 saturated heterocycles. The van der Waals surface area contributed by atoms with Gasteiger partial charge in [-0.2, -0.15) is 0 Å². The van der Waals surface area contributed by atoms with Gasteiger partial charge >= 0.3 is 43.7 Å². The maximum absolute atomic E-state index is 10.4. The molecule has 0 atom stereocenters. The summed E-state index contributed by atoms with van der Waals surface area (Å²) in [4.78, 5) is 10.4. The molecule has 56 valence electrons. The fraction of sp³-hybridized carbons (Fsp3) is 0.125. The van der Waals surface area contributed by atoms with E-state index in [4.69, 9.17) is 4.74 Å². The van der Waals surface area contributed by atoms with Crippen molar-refractivity contribution >= 4 is 43.7 Å². The summed E-state index contributed by atoms with van der Waals surface area (Å²) in [6.07, 6.45) is 0. The quantitative estimate of drug-likeness (QED) is 0.369. The molecule has 11 heavy (non-hydrogen) atoms. The number of para-hydroxylation sites is 1. The zero-order chi connectivity index (χ0) is 7.40. The Hall–Kier alpha value is -0.0503. The van der Waals surface area contributed by atoms with Gasteiger partial charge in [-0.05, 0) is 12.1 Å². The van der Waals surface area contributed by atoms with E-state index in [1.165, 1.54) is 6.92 Å². The minimum Gasteiger partial charge on any atom is -1.00 e. The molecule has 0 fully saturated rings. The third-order valence-corrected chi connectivity index (χ3v) is 1.00. The first-order chi connectivity index (χ1) is 4.79. The van der Waals surface area contributed by atoms with Gasteiger partial charge in [0.05, 0.1) is 0 Å². The van der Waals surface area contributed by atoms with Crippen LogP contribution in [0.5, 0.6) is 5.75 Å². The van der Waals surface area contributed by atoms with Crippen molar-refractivity contribution in [3.8, 4) is 5.75 Å². The average molecular weight is 178 g/mol. The Morgan fingerprint density at radius 1 is 1.36 bits per heavy atom. The topological polar surface area (TPSA) is 26.3 Å². The predicted octanol–water partition coefficient (Wildman–Crippen LogP) is 1.46. The fourth-order valence-electron chi connectivity index (χ4n) is 0.655. The molecule has 0 amide bonds. The van der Waals surface area contributed by atoms with Gasteiger partial charge < -0.3 is 7.59 Å². The molecule has 0 saturated carbocycles. The van der Waals surface area contributed by atoms with E-state index >= 15 is 0 Å². The molecule has 0 aliphatic carbocycles. The molecular weight excluding hydrogens is 168 g/mol. The van der Waals surface area contributed by atoms with Gasteiger partial charge in [0.15, 0.2) is 0 Å². The molecule has 0 unspecified atom stereocenters. The van der Waals surface area contributed by atoms with Crippen LogP contribution in [0.4, 0.5) is 0 Å². The number of ether oxygens (including phenoxy) is 1. The summed E-state index contributed by atoms with van der Waals surface area (Å²) in [5.41, 5.74) is 0. The van der Waals surface area contributed by atoms with Crippen LogP contribution in [0.3, 0.4) is 0 Å². The minimum absolute atomic E-state index is 0. The van der Waals surface area contributed by atoms with Crippen molar-refractivity contribution in [2.24, 2.45) is 0 Å². The number of esters is 1. The standard InChI is InChI=1S/C8H8O2.Ca.2H/c1-7(9)10-8-5-3-2-4-6-8;;;/h2-6H,1H3;;;/q;+2;2*-1. The van der Waals surface area contributed by atoms with E-state index in [-0.39, 0.29) is 46.6 Å². The zero-order valence-corrected chi connectivity index (χ0v) is 8.62. The number of carbonyl (C=O) groups excluding carboxylic acids is 1. The summed E-state index contributed by atoms with van der Waals surface area (Å²) >= 11 is 0. The molecule has 0 aliphatic heterocycles. The zero-order valence-electron chi connectivity index (χ0n) is 8.41. The molecule has 1 rings (SSSR count). The maximum atomic E-state index is 10.4. The smallest absolute Gasteiger partial charge is 1.00 e. The van der Waals surface area contributed by atoms with Crippen LogP contribution in [0.1, 0.15) is 9.78 Å². The van der Waals surface area contributed by atoms with Crippen molar-refractivity contribution in [2.45, 2.75) is 6.92 Å². The summed E-state index contributed by atoms with van der Waals surface area (Å²) in [5, 5.41) is 0. The second-order valence-corrected chi connectivity index (χ2v) is 1.91. The fourth-order valence-corrected chi connectivity index (χ4v) is 0.655. The van der Waals surface area contributed by atoms with Crippen molar-refractivity contribution in [3.05, 3.63) is 30.3 Å². The van der Waals surface area contributed by atoms with Crippen LogP contribution in [-0.2, 0) is 4.79 Å². The van der Waals surface area contributed by atoms with Crippen molar-refractivity contribution in [1.82, 2.24) is 0 Å². The van der Waals surface area contributed by atoms with Gasteiger partial charge in [-0.25, -0.2) is 0 Å². The molecule has 0 bridgehead atoms. The van der Waals surface area contributed by atoms with E-state index in [9.17, 15) is 4.79 Å².